The molecule has 1 atom stereocenters. The van der Waals surface area contributed by atoms with Crippen molar-refractivity contribution < 1.29 is 4.79 Å². The molecule has 0 N–H and O–H groups in total. The smallest absolute Gasteiger partial charge is 0.166 e. The van der Waals surface area contributed by atoms with Crippen LogP contribution in [0.3, 0.4) is 0 Å². The average Bonchev–Trinajstić information content (AvgIpc) is 3.29. The van der Waals surface area contributed by atoms with E-state index in [1.165, 1.54) is 4.88 Å². The highest BCUT2D eigenvalue weighted by molar-refractivity contribution is 7.10. The molecule has 0 saturated heterocycles. The molecule has 0 bridgehead atoms. The fourth-order valence-corrected chi connectivity index (χ4v) is 4.70. The van der Waals surface area contributed by atoms with Gasteiger partial charge in [-0.3, -0.25) is 4.79 Å². The van der Waals surface area contributed by atoms with E-state index in [0.29, 0.717) is 12.0 Å². The van der Waals surface area contributed by atoms with Crippen LogP contribution in [0.25, 0.3) is 16.8 Å². The molecule has 3 aromatic heterocycles. The summed E-state index contributed by atoms with van der Waals surface area (Å²) in [5, 5.41) is 6.83. The number of thiophene rings is 1. The van der Waals surface area contributed by atoms with Gasteiger partial charge in [0.15, 0.2) is 11.4 Å². The number of fused-ring (bicyclic) bond motifs is 3. The van der Waals surface area contributed by atoms with Crippen molar-refractivity contribution >= 4 is 22.8 Å². The maximum atomic E-state index is 12.7. The molecule has 5 heteroatoms. The molecule has 1 aromatic carbocycles. The van der Waals surface area contributed by atoms with E-state index in [1.807, 2.05) is 35.7 Å². The number of benzene rings is 1. The second-order valence-electron chi connectivity index (χ2n) is 6.72. The Balaban J connectivity index is 1.70. The van der Waals surface area contributed by atoms with Crippen molar-refractivity contribution in [1.29, 1.82) is 0 Å². The van der Waals surface area contributed by atoms with Gasteiger partial charge in [0.2, 0.25) is 0 Å². The quantitative estimate of drug-likeness (QED) is 0.522. The van der Waals surface area contributed by atoms with E-state index >= 15 is 0 Å². The fourth-order valence-electron chi connectivity index (χ4n) is 3.87. The van der Waals surface area contributed by atoms with Crippen molar-refractivity contribution in [2.75, 3.05) is 0 Å². The van der Waals surface area contributed by atoms with E-state index in [0.717, 1.165) is 34.6 Å². The largest absolute Gasteiger partial charge is 0.294 e. The zero-order valence-electron chi connectivity index (χ0n) is 14.3. The van der Waals surface area contributed by atoms with Gasteiger partial charge in [-0.2, -0.15) is 5.10 Å². The lowest BCUT2D eigenvalue weighted by Gasteiger charge is -2.23. The molecule has 4 nitrogen and oxygen atoms in total. The van der Waals surface area contributed by atoms with E-state index < -0.39 is 0 Å². The molecule has 0 amide bonds. The lowest BCUT2D eigenvalue weighted by molar-refractivity contribution is 0.0962. The predicted octanol–water partition coefficient (Wildman–Crippen LogP) is 4.68. The third-order valence-corrected chi connectivity index (χ3v) is 6.13. The minimum atomic E-state index is 0.161. The zero-order chi connectivity index (χ0) is 17.7. The van der Waals surface area contributed by atoms with Gasteiger partial charge < -0.3 is 0 Å². The first kappa shape index (κ1) is 15.5. The number of hydrogen-bond acceptors (Lipinski definition) is 4. The first-order valence-corrected chi connectivity index (χ1v) is 9.59. The minimum Gasteiger partial charge on any atom is -0.294 e. The Kier molecular flexibility index (Phi) is 3.50. The molecule has 4 aromatic rings. The van der Waals surface area contributed by atoms with Crippen LogP contribution in [-0.4, -0.2) is 20.4 Å². The SMILES string of the molecule is Cc1nn2c3c(cnc2c1-c1ccccc1)C(=O)CC(c1cccs1)C3. The normalized spacial score (nSPS) is 16.8. The van der Waals surface area contributed by atoms with Gasteiger partial charge in [0.05, 0.1) is 17.0 Å². The zero-order valence-corrected chi connectivity index (χ0v) is 15.2. The van der Waals surface area contributed by atoms with Gasteiger partial charge in [-0.15, -0.1) is 11.3 Å². The van der Waals surface area contributed by atoms with E-state index in [9.17, 15) is 4.79 Å². The number of hydrogen-bond donors (Lipinski definition) is 0. The minimum absolute atomic E-state index is 0.161. The lowest BCUT2D eigenvalue weighted by Crippen LogP contribution is -2.22. The monoisotopic (exact) mass is 359 g/mol. The Labute approximate surface area is 155 Å². The molecule has 0 saturated carbocycles. The lowest BCUT2D eigenvalue weighted by atomic mass is 9.85. The van der Waals surface area contributed by atoms with Gasteiger partial charge in [-0.05, 0) is 30.4 Å². The second kappa shape index (κ2) is 5.88. The molecule has 0 aliphatic heterocycles. The Bertz CT molecular complexity index is 1110. The summed E-state index contributed by atoms with van der Waals surface area (Å²) in [6.45, 7) is 2.00. The number of aromatic nitrogens is 3. The summed E-state index contributed by atoms with van der Waals surface area (Å²) in [5.41, 5.74) is 5.60. The van der Waals surface area contributed by atoms with Gasteiger partial charge >= 0.3 is 0 Å². The van der Waals surface area contributed by atoms with Crippen molar-refractivity contribution in [1.82, 2.24) is 14.6 Å². The highest BCUT2D eigenvalue weighted by Crippen LogP contribution is 2.36. The van der Waals surface area contributed by atoms with Crippen LogP contribution < -0.4 is 0 Å². The highest BCUT2D eigenvalue weighted by Gasteiger charge is 2.30. The highest BCUT2D eigenvalue weighted by atomic mass is 32.1. The van der Waals surface area contributed by atoms with Crippen molar-refractivity contribution in [2.24, 2.45) is 0 Å². The molecule has 1 unspecified atom stereocenters. The molecule has 0 fully saturated rings. The van der Waals surface area contributed by atoms with Crippen LogP contribution in [0.1, 0.15) is 39.0 Å². The maximum Gasteiger partial charge on any atom is 0.166 e. The van der Waals surface area contributed by atoms with Crippen molar-refractivity contribution in [2.45, 2.75) is 25.7 Å². The van der Waals surface area contributed by atoms with Crippen LogP contribution in [0.15, 0.2) is 54.0 Å². The summed E-state index contributed by atoms with van der Waals surface area (Å²) in [4.78, 5) is 18.6. The van der Waals surface area contributed by atoms with Gasteiger partial charge in [0, 0.05) is 29.0 Å². The molecule has 3 heterocycles. The Morgan fingerprint density at radius 1 is 1.12 bits per heavy atom. The Morgan fingerprint density at radius 2 is 1.96 bits per heavy atom. The molecule has 0 radical (unpaired) electrons. The first-order chi connectivity index (χ1) is 12.7. The topological polar surface area (TPSA) is 47.3 Å². The summed E-state index contributed by atoms with van der Waals surface area (Å²) in [6, 6.07) is 14.4. The summed E-state index contributed by atoms with van der Waals surface area (Å²) < 4.78 is 1.89. The van der Waals surface area contributed by atoms with Gasteiger partial charge in [0.1, 0.15) is 0 Å². The van der Waals surface area contributed by atoms with Gasteiger partial charge in [-0.1, -0.05) is 36.4 Å². The Morgan fingerprint density at radius 3 is 2.73 bits per heavy atom. The summed E-state index contributed by atoms with van der Waals surface area (Å²) in [5.74, 6) is 0.388. The van der Waals surface area contributed by atoms with E-state index in [2.05, 4.69) is 28.6 Å². The summed E-state index contributed by atoms with van der Waals surface area (Å²) >= 11 is 1.72. The average molecular weight is 359 g/mol. The molecule has 5 rings (SSSR count). The van der Waals surface area contributed by atoms with Crippen LogP contribution in [0.4, 0.5) is 0 Å². The molecule has 0 spiro atoms. The fraction of sp³-hybridized carbons (Fsp3) is 0.190. The third-order valence-electron chi connectivity index (χ3n) is 5.10. The van der Waals surface area contributed by atoms with Crippen molar-refractivity contribution in [3.05, 3.63) is 75.9 Å². The second-order valence-corrected chi connectivity index (χ2v) is 7.70. The number of aryl methyl sites for hydroxylation is 1. The molecule has 128 valence electrons. The molecule has 1 aliphatic rings. The van der Waals surface area contributed by atoms with Crippen LogP contribution in [0, 0.1) is 6.92 Å². The number of nitrogens with zero attached hydrogens (tertiary/aromatic N) is 3. The van der Waals surface area contributed by atoms with Crippen LogP contribution in [-0.2, 0) is 6.42 Å². The molecule has 26 heavy (non-hydrogen) atoms. The standard InChI is InChI=1S/C21H17N3OS/c1-13-20(14-6-3-2-4-7-14)21-22-12-16-17(24(21)23-13)10-15(11-18(16)25)19-8-5-9-26-19/h2-9,12,15H,10-11H2,1H3. The number of ketones is 1. The van der Waals surface area contributed by atoms with Crippen LogP contribution >= 0.6 is 11.3 Å². The number of rotatable bonds is 2. The predicted molar refractivity (Wildman–Crippen MR) is 103 cm³/mol. The van der Waals surface area contributed by atoms with Crippen molar-refractivity contribution in [3.8, 4) is 11.1 Å². The van der Waals surface area contributed by atoms with E-state index in [-0.39, 0.29) is 11.7 Å². The number of carbonyl (C=O) groups is 1. The first-order valence-electron chi connectivity index (χ1n) is 8.71. The Hall–Kier alpha value is -2.79. The number of Topliss-reactive ketones (excluding diaryl/α,β-unsaturated/α-hetero) is 1. The van der Waals surface area contributed by atoms with Crippen LogP contribution in [0.5, 0.6) is 0 Å². The van der Waals surface area contributed by atoms with Gasteiger partial charge in [-0.25, -0.2) is 9.50 Å². The molecule has 1 aliphatic carbocycles. The molecular formula is C21H17N3OS. The third kappa shape index (κ3) is 2.31. The summed E-state index contributed by atoms with van der Waals surface area (Å²) in [6.07, 6.45) is 3.10. The van der Waals surface area contributed by atoms with E-state index in [4.69, 9.17) is 5.10 Å². The maximum absolute atomic E-state index is 12.7. The van der Waals surface area contributed by atoms with Crippen molar-refractivity contribution in [3.63, 3.8) is 0 Å². The van der Waals surface area contributed by atoms with E-state index in [1.54, 1.807) is 17.5 Å². The van der Waals surface area contributed by atoms with Gasteiger partial charge in [0.25, 0.3) is 0 Å². The molecular weight excluding hydrogens is 342 g/mol. The number of carbonyl (C=O) groups excluding carboxylic acids is 1. The summed E-state index contributed by atoms with van der Waals surface area (Å²) in [7, 11) is 0. The van der Waals surface area contributed by atoms with Crippen LogP contribution in [0.2, 0.25) is 0 Å².